The zero-order valence-corrected chi connectivity index (χ0v) is 12.5. The van der Waals surface area contributed by atoms with Crippen LogP contribution in [0.3, 0.4) is 0 Å². The Kier molecular flexibility index (Phi) is 3.98. The molecule has 0 aliphatic carbocycles. The Bertz CT molecular complexity index is 686. The third-order valence-electron chi connectivity index (χ3n) is 3.69. The normalized spacial score (nSPS) is 11.4. The first-order chi connectivity index (χ1) is 9.89. The smallest absolute Gasteiger partial charge is 0.318 e. The highest BCUT2D eigenvalue weighted by Gasteiger charge is 2.39. The zero-order valence-electron chi connectivity index (χ0n) is 12.5. The molecule has 0 bridgehead atoms. The molecule has 2 aromatic carbocycles. The Labute approximate surface area is 124 Å². The van der Waals surface area contributed by atoms with E-state index in [1.54, 1.807) is 0 Å². The Balaban J connectivity index is 2.55. The fourth-order valence-corrected chi connectivity index (χ4v) is 2.30. The van der Waals surface area contributed by atoms with Gasteiger partial charge in [-0.15, -0.1) is 0 Å². The minimum atomic E-state index is -1.45. The number of amides is 1. The van der Waals surface area contributed by atoms with Crippen molar-refractivity contribution in [2.45, 2.75) is 20.8 Å². The Morgan fingerprint density at radius 1 is 1.10 bits per heavy atom. The van der Waals surface area contributed by atoms with Crippen LogP contribution in [0.15, 0.2) is 42.5 Å². The van der Waals surface area contributed by atoms with Crippen LogP contribution in [0.1, 0.15) is 20.8 Å². The molecule has 2 rings (SSSR count). The highest BCUT2D eigenvalue weighted by Crippen LogP contribution is 2.30. The first-order valence-corrected chi connectivity index (χ1v) is 6.92. The molecule has 4 nitrogen and oxygen atoms in total. The first-order valence-electron chi connectivity index (χ1n) is 6.92. The number of carboxylic acids is 1. The van der Waals surface area contributed by atoms with Crippen molar-refractivity contribution >= 4 is 28.3 Å². The van der Waals surface area contributed by atoms with Gasteiger partial charge in [0.2, 0.25) is 5.91 Å². The molecule has 1 N–H and O–H groups in total. The van der Waals surface area contributed by atoms with Gasteiger partial charge in [0.05, 0.1) is 5.69 Å². The summed E-state index contributed by atoms with van der Waals surface area (Å²) in [7, 11) is 0. The van der Waals surface area contributed by atoms with Crippen LogP contribution in [-0.2, 0) is 9.59 Å². The summed E-state index contributed by atoms with van der Waals surface area (Å²) >= 11 is 0. The van der Waals surface area contributed by atoms with E-state index in [2.05, 4.69) is 0 Å². The molecule has 0 fully saturated rings. The molecular formula is C17H19NO3. The number of carbonyl (C=O) groups is 2. The van der Waals surface area contributed by atoms with Gasteiger partial charge in [-0.3, -0.25) is 9.59 Å². The number of anilines is 1. The minimum Gasteiger partial charge on any atom is -0.480 e. The Morgan fingerprint density at radius 2 is 1.71 bits per heavy atom. The molecule has 0 aliphatic rings. The number of hydrogen-bond donors (Lipinski definition) is 1. The van der Waals surface area contributed by atoms with Crippen molar-refractivity contribution in [1.82, 2.24) is 0 Å². The van der Waals surface area contributed by atoms with Gasteiger partial charge in [0, 0.05) is 11.9 Å². The molecule has 4 heteroatoms. The number of fused-ring (bicyclic) bond motifs is 1. The number of rotatable bonds is 4. The lowest BCUT2D eigenvalue weighted by atomic mass is 9.91. The predicted molar refractivity (Wildman–Crippen MR) is 83.4 cm³/mol. The van der Waals surface area contributed by atoms with Crippen molar-refractivity contribution in [1.29, 1.82) is 0 Å². The summed E-state index contributed by atoms with van der Waals surface area (Å²) in [6.45, 7) is 5.14. The molecule has 0 aromatic heterocycles. The molecule has 110 valence electrons. The van der Waals surface area contributed by atoms with Crippen LogP contribution in [0.2, 0.25) is 0 Å². The molecule has 0 saturated carbocycles. The summed E-state index contributed by atoms with van der Waals surface area (Å²) < 4.78 is 0. The number of carbonyl (C=O) groups excluding carboxylic acids is 1. The summed E-state index contributed by atoms with van der Waals surface area (Å²) in [6, 6.07) is 13.5. The second-order valence-corrected chi connectivity index (χ2v) is 5.48. The van der Waals surface area contributed by atoms with Crippen LogP contribution in [0.4, 0.5) is 5.69 Å². The minimum absolute atomic E-state index is 0.408. The molecular weight excluding hydrogens is 266 g/mol. The number of nitrogens with zero attached hydrogens (tertiary/aromatic N) is 1. The largest absolute Gasteiger partial charge is 0.480 e. The average Bonchev–Trinajstić information content (AvgIpc) is 2.48. The summed E-state index contributed by atoms with van der Waals surface area (Å²) in [5, 5.41) is 11.2. The van der Waals surface area contributed by atoms with Crippen LogP contribution in [0, 0.1) is 5.41 Å². The third kappa shape index (κ3) is 2.61. The van der Waals surface area contributed by atoms with E-state index in [9.17, 15) is 14.7 Å². The Hall–Kier alpha value is -2.36. The van der Waals surface area contributed by atoms with Crippen LogP contribution < -0.4 is 4.90 Å². The van der Waals surface area contributed by atoms with Crippen molar-refractivity contribution in [2.24, 2.45) is 5.41 Å². The third-order valence-corrected chi connectivity index (χ3v) is 3.69. The van der Waals surface area contributed by atoms with Gasteiger partial charge in [-0.25, -0.2) is 0 Å². The highest BCUT2D eigenvalue weighted by molar-refractivity contribution is 6.12. The van der Waals surface area contributed by atoms with E-state index >= 15 is 0 Å². The van der Waals surface area contributed by atoms with Gasteiger partial charge < -0.3 is 10.0 Å². The van der Waals surface area contributed by atoms with Crippen molar-refractivity contribution in [3.63, 3.8) is 0 Å². The van der Waals surface area contributed by atoms with Gasteiger partial charge in [-0.1, -0.05) is 36.4 Å². The molecule has 0 heterocycles. The first kappa shape index (κ1) is 15.0. The number of hydrogen-bond acceptors (Lipinski definition) is 2. The lowest BCUT2D eigenvalue weighted by Gasteiger charge is -2.29. The quantitative estimate of drug-likeness (QED) is 0.877. The van der Waals surface area contributed by atoms with Crippen molar-refractivity contribution in [3.8, 4) is 0 Å². The molecule has 1 amide bonds. The van der Waals surface area contributed by atoms with Gasteiger partial charge in [0.1, 0.15) is 5.41 Å². The maximum atomic E-state index is 12.6. The van der Waals surface area contributed by atoms with Crippen LogP contribution in [0.25, 0.3) is 10.8 Å². The monoisotopic (exact) mass is 285 g/mol. The van der Waals surface area contributed by atoms with E-state index in [4.69, 9.17) is 0 Å². The van der Waals surface area contributed by atoms with Gasteiger partial charge in [-0.05, 0) is 32.2 Å². The second-order valence-electron chi connectivity index (χ2n) is 5.48. The Morgan fingerprint density at radius 3 is 2.33 bits per heavy atom. The lowest BCUT2D eigenvalue weighted by molar-refractivity contribution is -0.152. The maximum absolute atomic E-state index is 12.6. The molecule has 0 saturated heterocycles. The topological polar surface area (TPSA) is 57.6 Å². The van der Waals surface area contributed by atoms with Crippen LogP contribution in [-0.4, -0.2) is 23.5 Å². The van der Waals surface area contributed by atoms with Gasteiger partial charge in [0.25, 0.3) is 0 Å². The van der Waals surface area contributed by atoms with E-state index < -0.39 is 17.3 Å². The second kappa shape index (κ2) is 5.56. The number of aliphatic carboxylic acids is 1. The number of carboxylic acid groups (broad SMARTS) is 1. The van der Waals surface area contributed by atoms with Gasteiger partial charge in [0.15, 0.2) is 0 Å². The summed E-state index contributed by atoms with van der Waals surface area (Å²) in [6.07, 6.45) is 0. The summed E-state index contributed by atoms with van der Waals surface area (Å²) in [5.41, 5.74) is -0.706. The predicted octanol–water partition coefficient (Wildman–Crippen LogP) is 3.30. The highest BCUT2D eigenvalue weighted by atomic mass is 16.4. The van der Waals surface area contributed by atoms with E-state index in [0.717, 1.165) is 16.5 Å². The average molecular weight is 285 g/mol. The molecule has 0 spiro atoms. The molecule has 2 aromatic rings. The van der Waals surface area contributed by atoms with Crippen molar-refractivity contribution < 1.29 is 14.7 Å². The molecule has 21 heavy (non-hydrogen) atoms. The van der Waals surface area contributed by atoms with Gasteiger partial charge in [-0.2, -0.15) is 0 Å². The SMILES string of the molecule is CCN(C(=O)C(C)(C)C(=O)O)c1cccc2ccccc12. The molecule has 0 atom stereocenters. The fraction of sp³-hybridized carbons (Fsp3) is 0.294. The van der Waals surface area contributed by atoms with E-state index in [1.165, 1.54) is 18.7 Å². The molecule has 0 aliphatic heterocycles. The van der Waals surface area contributed by atoms with Crippen LogP contribution >= 0.6 is 0 Å². The summed E-state index contributed by atoms with van der Waals surface area (Å²) in [5.74, 6) is -1.53. The van der Waals surface area contributed by atoms with E-state index in [0.29, 0.717) is 6.54 Å². The van der Waals surface area contributed by atoms with Gasteiger partial charge >= 0.3 is 5.97 Å². The van der Waals surface area contributed by atoms with E-state index in [1.807, 2.05) is 49.4 Å². The fourth-order valence-electron chi connectivity index (χ4n) is 2.30. The van der Waals surface area contributed by atoms with Crippen molar-refractivity contribution in [3.05, 3.63) is 42.5 Å². The van der Waals surface area contributed by atoms with Crippen molar-refractivity contribution in [2.75, 3.05) is 11.4 Å². The standard InChI is InChI=1S/C17H19NO3/c1-4-18(15(19)17(2,3)16(20)21)14-11-7-9-12-8-5-6-10-13(12)14/h5-11H,4H2,1-3H3,(H,20,21). The summed E-state index contributed by atoms with van der Waals surface area (Å²) in [4.78, 5) is 25.5. The lowest BCUT2D eigenvalue weighted by Crippen LogP contribution is -2.45. The number of benzene rings is 2. The molecule has 0 radical (unpaired) electrons. The molecule has 0 unspecified atom stereocenters. The van der Waals surface area contributed by atoms with E-state index in [-0.39, 0.29) is 0 Å². The van der Waals surface area contributed by atoms with Crippen LogP contribution in [0.5, 0.6) is 0 Å². The zero-order chi connectivity index (χ0) is 15.6. The maximum Gasteiger partial charge on any atom is 0.318 e.